The van der Waals surface area contributed by atoms with Crippen molar-refractivity contribution in [3.05, 3.63) is 35.4 Å². The van der Waals surface area contributed by atoms with Crippen LogP contribution in [0.15, 0.2) is 24.3 Å². The fraction of sp³-hybridized carbons (Fsp3) is 0.500. The van der Waals surface area contributed by atoms with Crippen molar-refractivity contribution in [3.8, 4) is 0 Å². The minimum absolute atomic E-state index is 0.0275. The summed E-state index contributed by atoms with van der Waals surface area (Å²) in [6.07, 6.45) is 1.08. The summed E-state index contributed by atoms with van der Waals surface area (Å²) in [6, 6.07) is 7.69. The molecular weight excluding hydrogens is 192 g/mol. The van der Waals surface area contributed by atoms with Crippen LogP contribution in [0.4, 0.5) is 0 Å². The van der Waals surface area contributed by atoms with E-state index < -0.39 is 0 Å². The molecule has 0 aliphatic carbocycles. The molecule has 3 heteroatoms. The second-order valence-electron chi connectivity index (χ2n) is 3.94. The van der Waals surface area contributed by atoms with E-state index >= 15 is 0 Å². The number of aliphatic hydroxyl groups is 2. The van der Waals surface area contributed by atoms with E-state index in [1.165, 1.54) is 0 Å². The fourth-order valence-electron chi connectivity index (χ4n) is 1.90. The molecule has 1 heterocycles. The van der Waals surface area contributed by atoms with Gasteiger partial charge in [-0.3, -0.25) is 0 Å². The molecule has 82 valence electrons. The number of rotatable bonds is 2. The molecule has 2 N–H and O–H groups in total. The minimum Gasteiger partial charge on any atom is -0.393 e. The third kappa shape index (κ3) is 2.56. The summed E-state index contributed by atoms with van der Waals surface area (Å²) in [5.74, 6) is 0. The first-order valence-electron chi connectivity index (χ1n) is 5.29. The summed E-state index contributed by atoms with van der Waals surface area (Å²) >= 11 is 0. The maximum absolute atomic E-state index is 9.54. The molecule has 15 heavy (non-hydrogen) atoms. The van der Waals surface area contributed by atoms with Gasteiger partial charge >= 0.3 is 0 Å². The van der Waals surface area contributed by atoms with Crippen LogP contribution >= 0.6 is 0 Å². The van der Waals surface area contributed by atoms with Gasteiger partial charge in [-0.05, 0) is 17.5 Å². The smallest absolute Gasteiger partial charge is 0.0849 e. The summed E-state index contributed by atoms with van der Waals surface area (Å²) < 4.78 is 5.59. The van der Waals surface area contributed by atoms with Gasteiger partial charge in [0.05, 0.1) is 18.8 Å². The summed E-state index contributed by atoms with van der Waals surface area (Å²) in [6.45, 7) is 0.651. The Morgan fingerprint density at radius 1 is 1.40 bits per heavy atom. The van der Waals surface area contributed by atoms with Crippen molar-refractivity contribution in [2.75, 3.05) is 6.61 Å². The van der Waals surface area contributed by atoms with E-state index in [9.17, 15) is 5.11 Å². The van der Waals surface area contributed by atoms with E-state index in [4.69, 9.17) is 9.84 Å². The van der Waals surface area contributed by atoms with Crippen molar-refractivity contribution in [3.63, 3.8) is 0 Å². The molecule has 0 spiro atoms. The summed E-state index contributed by atoms with van der Waals surface area (Å²) in [5.41, 5.74) is 1.93. The molecule has 2 unspecified atom stereocenters. The van der Waals surface area contributed by atoms with Gasteiger partial charge < -0.3 is 14.9 Å². The van der Waals surface area contributed by atoms with Crippen LogP contribution in [-0.2, 0) is 11.3 Å². The van der Waals surface area contributed by atoms with E-state index in [0.29, 0.717) is 13.0 Å². The zero-order chi connectivity index (χ0) is 10.7. The third-order valence-electron chi connectivity index (χ3n) is 2.76. The Balaban J connectivity index is 2.13. The van der Waals surface area contributed by atoms with E-state index in [1.807, 2.05) is 24.3 Å². The van der Waals surface area contributed by atoms with Crippen LogP contribution in [0.25, 0.3) is 0 Å². The molecule has 0 bridgehead atoms. The lowest BCUT2D eigenvalue weighted by Gasteiger charge is -2.27. The van der Waals surface area contributed by atoms with Crippen LogP contribution in [0.1, 0.15) is 30.1 Å². The zero-order valence-electron chi connectivity index (χ0n) is 8.60. The Labute approximate surface area is 89.3 Å². The number of hydrogen-bond acceptors (Lipinski definition) is 3. The number of aliphatic hydroxyl groups excluding tert-OH is 2. The van der Waals surface area contributed by atoms with Crippen LogP contribution in [-0.4, -0.2) is 22.9 Å². The van der Waals surface area contributed by atoms with Gasteiger partial charge in [0.2, 0.25) is 0 Å². The number of hydrogen-bond donors (Lipinski definition) is 2. The van der Waals surface area contributed by atoms with E-state index in [1.54, 1.807) is 0 Å². The molecule has 1 aromatic rings. The summed E-state index contributed by atoms with van der Waals surface area (Å²) in [7, 11) is 0. The first-order valence-corrected chi connectivity index (χ1v) is 5.29. The van der Waals surface area contributed by atoms with Gasteiger partial charge in [-0.25, -0.2) is 0 Å². The van der Waals surface area contributed by atoms with Crippen LogP contribution < -0.4 is 0 Å². The van der Waals surface area contributed by atoms with E-state index in [2.05, 4.69) is 0 Å². The van der Waals surface area contributed by atoms with Crippen LogP contribution in [0.3, 0.4) is 0 Å². The highest BCUT2D eigenvalue weighted by Crippen LogP contribution is 2.28. The maximum Gasteiger partial charge on any atom is 0.0849 e. The van der Waals surface area contributed by atoms with Gasteiger partial charge in [0.1, 0.15) is 0 Å². The van der Waals surface area contributed by atoms with Crippen molar-refractivity contribution in [1.82, 2.24) is 0 Å². The van der Waals surface area contributed by atoms with Gasteiger partial charge in [0.25, 0.3) is 0 Å². The first-order chi connectivity index (χ1) is 7.29. The predicted molar refractivity (Wildman–Crippen MR) is 56.3 cm³/mol. The van der Waals surface area contributed by atoms with E-state index in [0.717, 1.165) is 17.5 Å². The molecule has 3 nitrogen and oxygen atoms in total. The number of benzene rings is 1. The third-order valence-corrected chi connectivity index (χ3v) is 2.76. The molecular formula is C12H16O3. The van der Waals surface area contributed by atoms with Crippen LogP contribution in [0.2, 0.25) is 0 Å². The van der Waals surface area contributed by atoms with Crippen molar-refractivity contribution < 1.29 is 14.9 Å². The lowest BCUT2D eigenvalue weighted by molar-refractivity contribution is -0.0448. The maximum atomic E-state index is 9.54. The molecule has 0 radical (unpaired) electrons. The average Bonchev–Trinajstić information content (AvgIpc) is 2.29. The molecule has 1 aromatic carbocycles. The predicted octanol–water partition coefficient (Wildman–Crippen LogP) is 1.39. The zero-order valence-corrected chi connectivity index (χ0v) is 8.60. The Morgan fingerprint density at radius 3 is 3.00 bits per heavy atom. The molecule has 1 saturated heterocycles. The molecule has 2 atom stereocenters. The standard InChI is InChI=1S/C12H16O3/c13-8-9-2-1-3-10(6-9)12-7-11(14)4-5-15-12/h1-3,6,11-14H,4-5,7-8H2. The van der Waals surface area contributed by atoms with Crippen LogP contribution in [0.5, 0.6) is 0 Å². The van der Waals surface area contributed by atoms with Gasteiger partial charge in [-0.1, -0.05) is 24.3 Å². The Hall–Kier alpha value is -0.900. The molecule has 1 fully saturated rings. The van der Waals surface area contributed by atoms with Crippen LogP contribution in [0, 0.1) is 0 Å². The monoisotopic (exact) mass is 208 g/mol. The van der Waals surface area contributed by atoms with E-state index in [-0.39, 0.29) is 18.8 Å². The average molecular weight is 208 g/mol. The summed E-state index contributed by atoms with van der Waals surface area (Å²) in [5, 5.41) is 18.6. The van der Waals surface area contributed by atoms with Gasteiger partial charge in [-0.2, -0.15) is 0 Å². The Kier molecular flexibility index (Phi) is 3.36. The second-order valence-corrected chi connectivity index (χ2v) is 3.94. The highest BCUT2D eigenvalue weighted by molar-refractivity contribution is 5.25. The molecule has 0 aromatic heterocycles. The lowest BCUT2D eigenvalue weighted by Crippen LogP contribution is -2.23. The van der Waals surface area contributed by atoms with Gasteiger partial charge in [0, 0.05) is 13.0 Å². The van der Waals surface area contributed by atoms with Gasteiger partial charge in [-0.15, -0.1) is 0 Å². The highest BCUT2D eigenvalue weighted by Gasteiger charge is 2.22. The van der Waals surface area contributed by atoms with Crippen molar-refractivity contribution in [2.24, 2.45) is 0 Å². The fourth-order valence-corrected chi connectivity index (χ4v) is 1.90. The first kappa shape index (κ1) is 10.6. The minimum atomic E-state index is -0.262. The summed E-state index contributed by atoms with van der Waals surface area (Å²) in [4.78, 5) is 0. The van der Waals surface area contributed by atoms with Crippen molar-refractivity contribution >= 4 is 0 Å². The quantitative estimate of drug-likeness (QED) is 0.772. The highest BCUT2D eigenvalue weighted by atomic mass is 16.5. The Bertz CT molecular complexity index is 324. The molecule has 1 aliphatic rings. The Morgan fingerprint density at radius 2 is 2.27 bits per heavy atom. The number of ether oxygens (including phenoxy) is 1. The molecule has 0 saturated carbocycles. The van der Waals surface area contributed by atoms with Gasteiger partial charge in [0.15, 0.2) is 0 Å². The van der Waals surface area contributed by atoms with Crippen molar-refractivity contribution in [1.29, 1.82) is 0 Å². The molecule has 0 amide bonds. The van der Waals surface area contributed by atoms with Crippen molar-refractivity contribution in [2.45, 2.75) is 31.7 Å². The molecule has 1 aliphatic heterocycles. The second kappa shape index (κ2) is 4.75. The molecule has 2 rings (SSSR count). The SMILES string of the molecule is OCc1cccc(C2CC(O)CCO2)c1. The lowest BCUT2D eigenvalue weighted by atomic mass is 9.98. The topological polar surface area (TPSA) is 49.7 Å². The normalized spacial score (nSPS) is 26.5. The largest absolute Gasteiger partial charge is 0.393 e.